The lowest BCUT2D eigenvalue weighted by molar-refractivity contribution is 0.395. The van der Waals surface area contributed by atoms with E-state index in [0.717, 1.165) is 23.6 Å². The van der Waals surface area contributed by atoms with Gasteiger partial charge in [-0.1, -0.05) is 24.6 Å². The lowest BCUT2D eigenvalue weighted by atomic mass is 9.79. The molecule has 1 aliphatic heterocycles. The Bertz CT molecular complexity index is 1100. The SMILES string of the molecule is Cc1ccc(Oc2ccc(N=Cc3cc4c(cc3C)N(C)C(C)(C)C[C@@H]4C)cc2)cc1. The van der Waals surface area contributed by atoms with Gasteiger partial charge < -0.3 is 9.64 Å². The van der Waals surface area contributed by atoms with Crippen LogP contribution in [-0.2, 0) is 0 Å². The highest BCUT2D eigenvalue weighted by atomic mass is 16.5. The molecule has 31 heavy (non-hydrogen) atoms. The van der Waals surface area contributed by atoms with Crippen LogP contribution in [0.15, 0.2) is 65.7 Å². The molecule has 0 aromatic heterocycles. The first-order chi connectivity index (χ1) is 14.7. The average molecular weight is 413 g/mol. The largest absolute Gasteiger partial charge is 0.457 e. The van der Waals surface area contributed by atoms with Crippen LogP contribution in [0.4, 0.5) is 11.4 Å². The molecule has 0 N–H and O–H groups in total. The molecule has 0 unspecified atom stereocenters. The van der Waals surface area contributed by atoms with Crippen molar-refractivity contribution in [3.05, 3.63) is 82.9 Å². The van der Waals surface area contributed by atoms with Crippen molar-refractivity contribution < 1.29 is 4.74 Å². The van der Waals surface area contributed by atoms with Crippen LogP contribution < -0.4 is 9.64 Å². The molecule has 3 heteroatoms. The fourth-order valence-corrected chi connectivity index (χ4v) is 4.36. The smallest absolute Gasteiger partial charge is 0.127 e. The summed E-state index contributed by atoms with van der Waals surface area (Å²) in [7, 11) is 2.21. The molecular weight excluding hydrogens is 380 g/mol. The molecule has 0 saturated heterocycles. The predicted molar refractivity (Wildman–Crippen MR) is 132 cm³/mol. The number of hydrogen-bond donors (Lipinski definition) is 0. The Labute approximate surface area is 186 Å². The van der Waals surface area contributed by atoms with E-state index in [2.05, 4.69) is 70.8 Å². The van der Waals surface area contributed by atoms with Gasteiger partial charge in [-0.15, -0.1) is 0 Å². The highest BCUT2D eigenvalue weighted by molar-refractivity contribution is 5.86. The van der Waals surface area contributed by atoms with Gasteiger partial charge in [0.1, 0.15) is 11.5 Å². The standard InChI is InChI=1S/C28H32N2O/c1-19-7-11-24(12-8-19)31-25-13-9-23(10-14-25)29-18-22-16-26-21(3)17-28(4,5)30(6)27(26)15-20(22)2/h7-16,18,21H,17H2,1-6H3/t21-/m0/s1. The first-order valence-corrected chi connectivity index (χ1v) is 11.0. The molecule has 3 aromatic rings. The Kier molecular flexibility index (Phi) is 5.62. The van der Waals surface area contributed by atoms with E-state index < -0.39 is 0 Å². The van der Waals surface area contributed by atoms with Gasteiger partial charge in [0.05, 0.1) is 5.69 Å². The first kappa shape index (κ1) is 21.2. The quantitative estimate of drug-likeness (QED) is 0.413. The third kappa shape index (κ3) is 4.51. The summed E-state index contributed by atoms with van der Waals surface area (Å²) in [6.07, 6.45) is 3.14. The van der Waals surface area contributed by atoms with Gasteiger partial charge in [-0.3, -0.25) is 4.99 Å². The van der Waals surface area contributed by atoms with E-state index in [0.29, 0.717) is 5.92 Å². The van der Waals surface area contributed by atoms with Crippen LogP contribution in [0, 0.1) is 13.8 Å². The molecule has 3 aromatic carbocycles. The lowest BCUT2D eigenvalue weighted by Crippen LogP contribution is -2.45. The summed E-state index contributed by atoms with van der Waals surface area (Å²) in [4.78, 5) is 7.14. The number of aryl methyl sites for hydroxylation is 2. The number of rotatable bonds is 4. The van der Waals surface area contributed by atoms with Gasteiger partial charge in [-0.2, -0.15) is 0 Å². The van der Waals surface area contributed by atoms with E-state index in [1.807, 2.05) is 42.6 Å². The molecule has 0 bridgehead atoms. The van der Waals surface area contributed by atoms with Crippen molar-refractivity contribution in [1.29, 1.82) is 0 Å². The Balaban J connectivity index is 1.52. The topological polar surface area (TPSA) is 24.8 Å². The average Bonchev–Trinajstić information content (AvgIpc) is 2.73. The summed E-state index contributed by atoms with van der Waals surface area (Å²) in [6, 6.07) is 20.6. The molecule has 0 radical (unpaired) electrons. The fraction of sp³-hybridized carbons (Fsp3) is 0.321. The van der Waals surface area contributed by atoms with E-state index in [-0.39, 0.29) is 5.54 Å². The number of nitrogens with zero attached hydrogens (tertiary/aromatic N) is 2. The van der Waals surface area contributed by atoms with Gasteiger partial charge in [0.15, 0.2) is 0 Å². The van der Waals surface area contributed by atoms with Crippen molar-refractivity contribution >= 4 is 17.6 Å². The highest BCUT2D eigenvalue weighted by Crippen LogP contribution is 2.43. The highest BCUT2D eigenvalue weighted by Gasteiger charge is 2.34. The number of hydrogen-bond acceptors (Lipinski definition) is 3. The molecule has 1 atom stereocenters. The van der Waals surface area contributed by atoms with Crippen molar-refractivity contribution in [2.24, 2.45) is 4.99 Å². The number of ether oxygens (including phenoxy) is 1. The molecule has 0 fully saturated rings. The molecule has 3 nitrogen and oxygen atoms in total. The number of anilines is 1. The zero-order chi connectivity index (χ0) is 22.2. The molecule has 160 valence electrons. The third-order valence-corrected chi connectivity index (χ3v) is 6.47. The zero-order valence-electron chi connectivity index (χ0n) is 19.4. The molecule has 0 amide bonds. The van der Waals surface area contributed by atoms with Crippen LogP contribution in [0.1, 0.15) is 55.4 Å². The fourth-order valence-electron chi connectivity index (χ4n) is 4.36. The minimum Gasteiger partial charge on any atom is -0.457 e. The molecule has 0 aliphatic carbocycles. The second-order valence-corrected chi connectivity index (χ2v) is 9.41. The van der Waals surface area contributed by atoms with Gasteiger partial charge in [0.25, 0.3) is 0 Å². The molecule has 1 heterocycles. The van der Waals surface area contributed by atoms with Gasteiger partial charge in [0, 0.05) is 24.5 Å². The van der Waals surface area contributed by atoms with Gasteiger partial charge in [-0.05, 0) is 105 Å². The van der Waals surface area contributed by atoms with Crippen molar-refractivity contribution in [1.82, 2.24) is 0 Å². The van der Waals surface area contributed by atoms with Crippen LogP contribution in [0.5, 0.6) is 11.5 Å². The van der Waals surface area contributed by atoms with E-state index >= 15 is 0 Å². The van der Waals surface area contributed by atoms with Crippen LogP contribution in [0.25, 0.3) is 0 Å². The summed E-state index contributed by atoms with van der Waals surface area (Å²) >= 11 is 0. The summed E-state index contributed by atoms with van der Waals surface area (Å²) in [5, 5.41) is 0. The van der Waals surface area contributed by atoms with E-state index in [4.69, 9.17) is 9.73 Å². The number of fused-ring (bicyclic) bond motifs is 1. The van der Waals surface area contributed by atoms with E-state index in [9.17, 15) is 0 Å². The number of benzene rings is 3. The summed E-state index contributed by atoms with van der Waals surface area (Å²) < 4.78 is 5.91. The van der Waals surface area contributed by atoms with Gasteiger partial charge >= 0.3 is 0 Å². The van der Waals surface area contributed by atoms with E-state index in [1.165, 1.54) is 27.9 Å². The van der Waals surface area contributed by atoms with Crippen LogP contribution in [0.3, 0.4) is 0 Å². The lowest BCUT2D eigenvalue weighted by Gasteiger charge is -2.45. The predicted octanol–water partition coefficient (Wildman–Crippen LogP) is 7.57. The van der Waals surface area contributed by atoms with E-state index in [1.54, 1.807) is 0 Å². The first-order valence-electron chi connectivity index (χ1n) is 11.0. The van der Waals surface area contributed by atoms with Crippen LogP contribution in [0.2, 0.25) is 0 Å². The Morgan fingerprint density at radius 3 is 2.23 bits per heavy atom. The molecule has 4 rings (SSSR count). The molecular formula is C28H32N2O. The summed E-state index contributed by atoms with van der Waals surface area (Å²) in [5.41, 5.74) is 7.50. The minimum atomic E-state index is 0.177. The zero-order valence-corrected chi connectivity index (χ0v) is 19.4. The summed E-state index contributed by atoms with van der Waals surface area (Å²) in [6.45, 7) is 11.2. The normalized spacial score (nSPS) is 17.6. The van der Waals surface area contributed by atoms with Crippen LogP contribution >= 0.6 is 0 Å². The second kappa shape index (κ2) is 8.22. The third-order valence-electron chi connectivity index (χ3n) is 6.47. The Morgan fingerprint density at radius 1 is 0.968 bits per heavy atom. The minimum absolute atomic E-state index is 0.177. The van der Waals surface area contributed by atoms with Crippen LogP contribution in [-0.4, -0.2) is 18.8 Å². The maximum Gasteiger partial charge on any atom is 0.127 e. The van der Waals surface area contributed by atoms with Crippen molar-refractivity contribution in [2.45, 2.75) is 52.5 Å². The van der Waals surface area contributed by atoms with Crippen molar-refractivity contribution in [3.63, 3.8) is 0 Å². The molecule has 0 saturated carbocycles. The molecule has 0 spiro atoms. The van der Waals surface area contributed by atoms with Gasteiger partial charge in [-0.25, -0.2) is 0 Å². The maximum atomic E-state index is 5.91. The monoisotopic (exact) mass is 412 g/mol. The van der Waals surface area contributed by atoms with Crippen molar-refractivity contribution in [3.8, 4) is 11.5 Å². The van der Waals surface area contributed by atoms with Crippen molar-refractivity contribution in [2.75, 3.05) is 11.9 Å². The second-order valence-electron chi connectivity index (χ2n) is 9.41. The molecule has 1 aliphatic rings. The Hall–Kier alpha value is -3.07. The number of aliphatic imine (C=N–C) groups is 1. The summed E-state index contributed by atoms with van der Waals surface area (Å²) in [5.74, 6) is 2.19. The van der Waals surface area contributed by atoms with Gasteiger partial charge in [0.2, 0.25) is 0 Å². The maximum absolute atomic E-state index is 5.91. The Morgan fingerprint density at radius 2 is 1.58 bits per heavy atom.